The smallest absolute Gasteiger partial charge is 0.387 e. The molecule has 0 bridgehead atoms. The van der Waals surface area contributed by atoms with Gasteiger partial charge in [-0.3, -0.25) is 0 Å². The molecule has 3 nitrogen and oxygen atoms in total. The minimum Gasteiger partial charge on any atom is -0.591 e. The van der Waals surface area contributed by atoms with E-state index in [0.29, 0.717) is 5.56 Å². The molecule has 0 spiro atoms. The molecule has 0 radical (unpaired) electrons. The van der Waals surface area contributed by atoms with Crippen molar-refractivity contribution in [3.63, 3.8) is 0 Å². The summed E-state index contributed by atoms with van der Waals surface area (Å²) < 4.78 is 56.2. The summed E-state index contributed by atoms with van der Waals surface area (Å²) in [4.78, 5) is 0. The number of halogens is 3. The fraction of sp³-hybridized carbons (Fsp3) is 0.417. The Balaban J connectivity index is 2.88. The molecule has 0 aliphatic rings. The lowest BCUT2D eigenvalue weighted by molar-refractivity contribution is -0.0521. The summed E-state index contributed by atoms with van der Waals surface area (Å²) in [5, 5.41) is 0. The van der Waals surface area contributed by atoms with Gasteiger partial charge in [-0.15, -0.1) is 0 Å². The Hall–Kier alpha value is -1.21. The van der Waals surface area contributed by atoms with E-state index in [-0.39, 0.29) is 0 Å². The van der Waals surface area contributed by atoms with Crippen LogP contribution < -0.4 is 4.74 Å². The van der Waals surface area contributed by atoms with E-state index < -0.39 is 34.3 Å². The maximum atomic E-state index is 13.2. The minimum absolute atomic E-state index is 0.328. The average Bonchev–Trinajstić information content (AvgIpc) is 2.27. The van der Waals surface area contributed by atoms with E-state index in [9.17, 15) is 17.7 Å². The van der Waals surface area contributed by atoms with Gasteiger partial charge in [0.25, 0.3) is 0 Å². The number of rotatable bonds is 4. The van der Waals surface area contributed by atoms with Crippen molar-refractivity contribution in [3.8, 4) is 5.75 Å². The van der Waals surface area contributed by atoms with Gasteiger partial charge in [-0.05, 0) is 32.9 Å². The molecule has 0 saturated carbocycles. The van der Waals surface area contributed by atoms with E-state index in [1.165, 1.54) is 12.3 Å². The second-order valence-electron chi connectivity index (χ2n) is 4.66. The molecular formula is C12H14F3NO2S. The molecule has 1 atom stereocenters. The van der Waals surface area contributed by atoms with E-state index >= 15 is 0 Å². The van der Waals surface area contributed by atoms with Crippen LogP contribution >= 0.6 is 0 Å². The molecule has 0 aliphatic heterocycles. The lowest BCUT2D eigenvalue weighted by atomic mass is 10.2. The van der Waals surface area contributed by atoms with Gasteiger partial charge in [-0.1, -0.05) is 10.5 Å². The van der Waals surface area contributed by atoms with Crippen LogP contribution in [0.3, 0.4) is 0 Å². The Kier molecular flexibility index (Phi) is 5.25. The molecule has 0 saturated heterocycles. The third-order valence-corrected chi connectivity index (χ3v) is 3.34. The highest BCUT2D eigenvalue weighted by atomic mass is 32.2. The molecule has 106 valence electrons. The summed E-state index contributed by atoms with van der Waals surface area (Å²) >= 11 is -1.47. The average molecular weight is 293 g/mol. The molecule has 7 heteroatoms. The second kappa shape index (κ2) is 6.29. The summed E-state index contributed by atoms with van der Waals surface area (Å²) in [6, 6.07) is 3.39. The molecule has 1 unspecified atom stereocenters. The zero-order valence-electron chi connectivity index (χ0n) is 10.7. The molecule has 0 amide bonds. The Bertz CT molecular complexity index is 461. The van der Waals surface area contributed by atoms with Gasteiger partial charge in [0.05, 0.1) is 6.21 Å². The van der Waals surface area contributed by atoms with Crippen molar-refractivity contribution in [1.29, 1.82) is 0 Å². The molecule has 1 rings (SSSR count). The second-order valence-corrected chi connectivity index (χ2v) is 6.60. The summed E-state index contributed by atoms with van der Waals surface area (Å²) in [5.41, 5.74) is 0.328. The van der Waals surface area contributed by atoms with Crippen LogP contribution in [0.5, 0.6) is 5.75 Å². The first-order valence-corrected chi connectivity index (χ1v) is 6.51. The third kappa shape index (κ3) is 5.12. The number of hydrogen-bond donors (Lipinski definition) is 0. The standard InChI is InChI=1S/C12H14F3NO2S/c1-12(2,3)19(17)16-7-8-4-5-9(13)10(6-8)18-11(14)15/h4-7,11H,1-3H3. The van der Waals surface area contributed by atoms with Crippen molar-refractivity contribution in [1.82, 2.24) is 0 Å². The van der Waals surface area contributed by atoms with Crippen LogP contribution in [0.1, 0.15) is 26.3 Å². The molecule has 0 heterocycles. The lowest BCUT2D eigenvalue weighted by Crippen LogP contribution is -2.25. The van der Waals surface area contributed by atoms with Gasteiger partial charge in [0.15, 0.2) is 11.6 Å². The number of hydrogen-bond acceptors (Lipinski definition) is 3. The summed E-state index contributed by atoms with van der Waals surface area (Å²) in [6.45, 7) is 2.13. The van der Waals surface area contributed by atoms with Gasteiger partial charge in [0.2, 0.25) is 0 Å². The first-order chi connectivity index (χ1) is 8.70. The third-order valence-electron chi connectivity index (χ3n) is 1.99. The maximum Gasteiger partial charge on any atom is 0.387 e. The van der Waals surface area contributed by atoms with Gasteiger partial charge in [-0.2, -0.15) is 8.78 Å². The van der Waals surface area contributed by atoms with Gasteiger partial charge >= 0.3 is 6.61 Å². The van der Waals surface area contributed by atoms with Crippen molar-refractivity contribution < 1.29 is 22.5 Å². The monoisotopic (exact) mass is 293 g/mol. The van der Waals surface area contributed by atoms with Gasteiger partial charge in [0.1, 0.15) is 16.1 Å². The highest BCUT2D eigenvalue weighted by molar-refractivity contribution is 7.91. The minimum atomic E-state index is -3.11. The van der Waals surface area contributed by atoms with Gasteiger partial charge in [0, 0.05) is 5.56 Å². The van der Waals surface area contributed by atoms with Crippen LogP contribution in [0.2, 0.25) is 0 Å². The molecular weight excluding hydrogens is 279 g/mol. The van der Waals surface area contributed by atoms with E-state index in [0.717, 1.165) is 12.1 Å². The lowest BCUT2D eigenvalue weighted by Gasteiger charge is -2.17. The van der Waals surface area contributed by atoms with Crippen LogP contribution in [0.4, 0.5) is 13.2 Å². The molecule has 1 aromatic rings. The van der Waals surface area contributed by atoms with Crippen molar-refractivity contribution in [2.24, 2.45) is 4.40 Å². The first kappa shape index (κ1) is 15.8. The van der Waals surface area contributed by atoms with Crippen molar-refractivity contribution >= 4 is 17.6 Å². The van der Waals surface area contributed by atoms with Crippen LogP contribution in [0.15, 0.2) is 22.6 Å². The van der Waals surface area contributed by atoms with E-state index in [1.54, 1.807) is 20.8 Å². The highest BCUT2D eigenvalue weighted by Crippen LogP contribution is 2.21. The molecule has 0 aromatic heterocycles. The quantitative estimate of drug-likeness (QED) is 0.631. The largest absolute Gasteiger partial charge is 0.591 e. The molecule has 0 aliphatic carbocycles. The molecule has 0 N–H and O–H groups in total. The zero-order chi connectivity index (χ0) is 14.6. The predicted octanol–water partition coefficient (Wildman–Crippen LogP) is 3.31. The fourth-order valence-corrected chi connectivity index (χ4v) is 1.59. The van der Waals surface area contributed by atoms with Crippen molar-refractivity contribution in [2.45, 2.75) is 32.1 Å². The van der Waals surface area contributed by atoms with E-state index in [1.807, 2.05) is 0 Å². The fourth-order valence-electron chi connectivity index (χ4n) is 1.05. The number of nitrogens with zero attached hydrogens (tertiary/aromatic N) is 1. The zero-order valence-corrected chi connectivity index (χ0v) is 11.5. The SMILES string of the molecule is CC(C)(C)[S+]([O-])N=Cc1ccc(F)c(OC(F)F)c1. The van der Waals surface area contributed by atoms with Gasteiger partial charge in [-0.25, -0.2) is 4.39 Å². The van der Waals surface area contributed by atoms with Crippen molar-refractivity contribution in [2.75, 3.05) is 0 Å². The normalized spacial score (nSPS) is 14.1. The number of ether oxygens (including phenoxy) is 1. The molecule has 0 fully saturated rings. The van der Waals surface area contributed by atoms with Crippen molar-refractivity contribution in [3.05, 3.63) is 29.6 Å². The maximum absolute atomic E-state index is 13.2. The summed E-state index contributed by atoms with van der Waals surface area (Å²) in [7, 11) is 0. The van der Waals surface area contributed by atoms with E-state index in [4.69, 9.17) is 0 Å². The Morgan fingerprint density at radius 1 is 1.37 bits per heavy atom. The van der Waals surface area contributed by atoms with Crippen LogP contribution in [0.25, 0.3) is 0 Å². The molecule has 1 aromatic carbocycles. The number of alkyl halides is 2. The first-order valence-electron chi connectivity index (χ1n) is 5.40. The van der Waals surface area contributed by atoms with Crippen LogP contribution in [0, 0.1) is 5.82 Å². The number of benzene rings is 1. The van der Waals surface area contributed by atoms with Crippen LogP contribution in [-0.4, -0.2) is 22.1 Å². The Morgan fingerprint density at radius 2 is 2.00 bits per heavy atom. The topological polar surface area (TPSA) is 44.7 Å². The van der Waals surface area contributed by atoms with Gasteiger partial charge < -0.3 is 9.29 Å². The summed E-state index contributed by atoms with van der Waals surface area (Å²) in [6.07, 6.45) is 1.24. The van der Waals surface area contributed by atoms with E-state index in [2.05, 4.69) is 9.13 Å². The predicted molar refractivity (Wildman–Crippen MR) is 68.5 cm³/mol. The summed E-state index contributed by atoms with van der Waals surface area (Å²) in [5.74, 6) is -1.46. The Morgan fingerprint density at radius 3 is 2.53 bits per heavy atom. The van der Waals surface area contributed by atoms with Crippen LogP contribution in [-0.2, 0) is 11.4 Å². The Labute approximate surface area is 112 Å². The molecule has 19 heavy (non-hydrogen) atoms. The highest BCUT2D eigenvalue weighted by Gasteiger charge is 2.25.